The number of rotatable bonds is 4. The zero-order chi connectivity index (χ0) is 9.68. The Hall–Kier alpha value is 0.170. The predicted octanol–water partition coefficient (Wildman–Crippen LogP) is 1.71. The molecule has 0 saturated heterocycles. The lowest BCUT2D eigenvalue weighted by atomic mass is 10.2. The van der Waals surface area contributed by atoms with Gasteiger partial charge < -0.3 is 5.32 Å². The van der Waals surface area contributed by atoms with Crippen molar-refractivity contribution in [3.8, 4) is 0 Å². The maximum atomic E-state index is 11.0. The zero-order valence-corrected chi connectivity index (χ0v) is 9.66. The number of nitrogens with one attached hydrogen (secondary N) is 1. The number of carbonyl (C=O) groups is 1. The molecule has 1 rings (SSSR count). The highest BCUT2D eigenvalue weighted by Gasteiger charge is 2.25. The number of thioether (sulfide) groups is 1. The van der Waals surface area contributed by atoms with Crippen LogP contribution in [0.25, 0.3) is 0 Å². The van der Waals surface area contributed by atoms with Gasteiger partial charge in [0, 0.05) is 11.3 Å². The van der Waals surface area contributed by atoms with Gasteiger partial charge in [0.1, 0.15) is 0 Å². The molecule has 0 aliphatic heterocycles. The van der Waals surface area contributed by atoms with E-state index in [0.717, 1.165) is 18.1 Å². The number of thiol groups is 1. The quantitative estimate of drug-likeness (QED) is 0.705. The molecule has 0 aromatic heterocycles. The summed E-state index contributed by atoms with van der Waals surface area (Å²) in [5, 5.41) is 3.75. The van der Waals surface area contributed by atoms with Crippen LogP contribution in [0.2, 0.25) is 0 Å². The van der Waals surface area contributed by atoms with Gasteiger partial charge in [-0.2, -0.15) is 24.4 Å². The van der Waals surface area contributed by atoms with E-state index in [-0.39, 0.29) is 5.91 Å². The Morgan fingerprint density at radius 1 is 1.62 bits per heavy atom. The van der Waals surface area contributed by atoms with Gasteiger partial charge in [0.2, 0.25) is 5.91 Å². The van der Waals surface area contributed by atoms with Crippen molar-refractivity contribution in [1.82, 2.24) is 5.32 Å². The van der Waals surface area contributed by atoms with E-state index in [0.29, 0.717) is 11.8 Å². The van der Waals surface area contributed by atoms with Crippen LogP contribution < -0.4 is 5.32 Å². The highest BCUT2D eigenvalue weighted by atomic mass is 32.2. The van der Waals surface area contributed by atoms with Crippen LogP contribution in [-0.2, 0) is 4.79 Å². The normalized spacial score (nSPS) is 27.5. The summed E-state index contributed by atoms with van der Waals surface area (Å²) in [5.41, 5.74) is 0. The van der Waals surface area contributed by atoms with Gasteiger partial charge in [-0.05, 0) is 25.0 Å². The number of hydrogen-bond donors (Lipinski definition) is 2. The first-order chi connectivity index (χ1) is 6.26. The van der Waals surface area contributed by atoms with Crippen molar-refractivity contribution in [2.24, 2.45) is 0 Å². The van der Waals surface area contributed by atoms with E-state index in [9.17, 15) is 4.79 Å². The van der Waals surface area contributed by atoms with Crippen LogP contribution in [-0.4, -0.2) is 28.7 Å². The fourth-order valence-corrected chi connectivity index (χ4v) is 2.97. The van der Waals surface area contributed by atoms with Crippen molar-refractivity contribution in [2.45, 2.75) is 37.5 Å². The van der Waals surface area contributed by atoms with Crippen molar-refractivity contribution >= 4 is 30.3 Å². The fraction of sp³-hybridized carbons (Fsp3) is 0.889. The molecule has 0 aromatic carbocycles. The van der Waals surface area contributed by atoms with Crippen LogP contribution in [0.3, 0.4) is 0 Å². The molecule has 76 valence electrons. The van der Waals surface area contributed by atoms with Gasteiger partial charge in [0.15, 0.2) is 0 Å². The molecule has 1 amide bonds. The summed E-state index contributed by atoms with van der Waals surface area (Å²) < 4.78 is 0. The number of amides is 1. The molecule has 2 unspecified atom stereocenters. The van der Waals surface area contributed by atoms with Gasteiger partial charge >= 0.3 is 0 Å². The third-order valence-corrected chi connectivity index (χ3v) is 3.82. The summed E-state index contributed by atoms with van der Waals surface area (Å²) in [7, 11) is 0. The van der Waals surface area contributed by atoms with Crippen molar-refractivity contribution in [2.75, 3.05) is 11.5 Å². The van der Waals surface area contributed by atoms with Gasteiger partial charge in [-0.3, -0.25) is 4.79 Å². The highest BCUT2D eigenvalue weighted by molar-refractivity contribution is 7.99. The van der Waals surface area contributed by atoms with E-state index in [1.54, 1.807) is 0 Å². The van der Waals surface area contributed by atoms with Gasteiger partial charge in [-0.1, -0.05) is 6.92 Å². The predicted molar refractivity (Wildman–Crippen MR) is 61.6 cm³/mol. The molecule has 4 heteroatoms. The second kappa shape index (κ2) is 5.81. The molecule has 1 aliphatic carbocycles. The first kappa shape index (κ1) is 11.2. The molecule has 0 bridgehead atoms. The average molecular weight is 219 g/mol. The molecular formula is C9H17NOS2. The van der Waals surface area contributed by atoms with E-state index < -0.39 is 0 Å². The fourth-order valence-electron chi connectivity index (χ4n) is 1.73. The Morgan fingerprint density at radius 2 is 2.38 bits per heavy atom. The second-order valence-corrected chi connectivity index (χ2v) is 5.21. The summed E-state index contributed by atoms with van der Waals surface area (Å²) in [6, 6.07) is 0.406. The molecule has 13 heavy (non-hydrogen) atoms. The van der Waals surface area contributed by atoms with Gasteiger partial charge in [-0.25, -0.2) is 0 Å². The lowest BCUT2D eigenvalue weighted by Crippen LogP contribution is -2.33. The molecule has 2 atom stereocenters. The minimum absolute atomic E-state index is 0.0653. The molecule has 2 nitrogen and oxygen atoms in total. The Labute approximate surface area is 89.6 Å². The molecule has 0 radical (unpaired) electrons. The lowest BCUT2D eigenvalue weighted by Gasteiger charge is -2.11. The lowest BCUT2D eigenvalue weighted by molar-refractivity contribution is -0.119. The van der Waals surface area contributed by atoms with Crippen LogP contribution in [0.4, 0.5) is 0 Å². The third kappa shape index (κ3) is 3.81. The minimum atomic E-state index is 0.0653. The Kier molecular flexibility index (Phi) is 5.02. The second-order valence-electron chi connectivity index (χ2n) is 3.31. The van der Waals surface area contributed by atoms with Crippen LogP contribution in [0, 0.1) is 0 Å². The average Bonchev–Trinajstić information content (AvgIpc) is 2.53. The smallest absolute Gasteiger partial charge is 0.229 e. The molecule has 0 aromatic rings. The van der Waals surface area contributed by atoms with Gasteiger partial charge in [-0.15, -0.1) is 0 Å². The maximum Gasteiger partial charge on any atom is 0.229 e. The van der Waals surface area contributed by atoms with E-state index in [2.05, 4.69) is 24.9 Å². The number of hydrogen-bond acceptors (Lipinski definition) is 3. The Balaban J connectivity index is 2.20. The van der Waals surface area contributed by atoms with Crippen LogP contribution >= 0.6 is 24.4 Å². The van der Waals surface area contributed by atoms with E-state index in [1.165, 1.54) is 12.2 Å². The molecule has 1 aliphatic rings. The third-order valence-electron chi connectivity index (χ3n) is 2.30. The van der Waals surface area contributed by atoms with Crippen molar-refractivity contribution < 1.29 is 4.79 Å². The topological polar surface area (TPSA) is 29.1 Å². The molecule has 1 saturated carbocycles. The summed E-state index contributed by atoms with van der Waals surface area (Å²) in [6.07, 6.45) is 3.52. The summed E-state index contributed by atoms with van der Waals surface area (Å²) >= 11 is 5.94. The van der Waals surface area contributed by atoms with E-state index in [4.69, 9.17) is 0 Å². The highest BCUT2D eigenvalue weighted by Crippen LogP contribution is 2.29. The summed E-state index contributed by atoms with van der Waals surface area (Å²) in [6.45, 7) is 2.18. The van der Waals surface area contributed by atoms with Gasteiger partial charge in [0.05, 0.1) is 5.75 Å². The largest absolute Gasteiger partial charge is 0.353 e. The van der Waals surface area contributed by atoms with Crippen LogP contribution in [0.1, 0.15) is 26.2 Å². The minimum Gasteiger partial charge on any atom is -0.353 e. The van der Waals surface area contributed by atoms with Crippen molar-refractivity contribution in [3.05, 3.63) is 0 Å². The van der Waals surface area contributed by atoms with Crippen molar-refractivity contribution in [1.29, 1.82) is 0 Å². The van der Waals surface area contributed by atoms with E-state index in [1.807, 2.05) is 11.8 Å². The molecule has 1 N–H and O–H groups in total. The zero-order valence-electron chi connectivity index (χ0n) is 7.95. The van der Waals surface area contributed by atoms with Crippen LogP contribution in [0.15, 0.2) is 0 Å². The van der Waals surface area contributed by atoms with Crippen molar-refractivity contribution in [3.63, 3.8) is 0 Å². The first-order valence-electron chi connectivity index (χ1n) is 4.78. The SMILES string of the molecule is CCSC1CCC(NC(=O)CS)C1. The van der Waals surface area contributed by atoms with E-state index >= 15 is 0 Å². The van der Waals surface area contributed by atoms with Gasteiger partial charge in [0.25, 0.3) is 0 Å². The Bertz CT molecular complexity index is 175. The molecule has 0 spiro atoms. The Morgan fingerprint density at radius 3 is 3.00 bits per heavy atom. The first-order valence-corrected chi connectivity index (χ1v) is 6.46. The molecule has 0 heterocycles. The summed E-state index contributed by atoms with van der Waals surface area (Å²) in [5.74, 6) is 1.55. The molecule has 1 fully saturated rings. The number of carbonyl (C=O) groups excluding carboxylic acids is 1. The summed E-state index contributed by atoms with van der Waals surface area (Å²) in [4.78, 5) is 11.0. The van der Waals surface area contributed by atoms with Crippen LogP contribution in [0.5, 0.6) is 0 Å². The monoisotopic (exact) mass is 219 g/mol. The molecular weight excluding hydrogens is 202 g/mol. The maximum absolute atomic E-state index is 11.0. The standard InChI is InChI=1S/C9H17NOS2/c1-2-13-8-4-3-7(5-8)10-9(11)6-12/h7-8,12H,2-6H2,1H3,(H,10,11).